The van der Waals surface area contributed by atoms with Gasteiger partial charge in [-0.25, -0.2) is 4.39 Å². The molecule has 24 heavy (non-hydrogen) atoms. The number of hydrogen-bond acceptors (Lipinski definition) is 3. The number of hydrogen-bond donors (Lipinski definition) is 1. The summed E-state index contributed by atoms with van der Waals surface area (Å²) in [6.07, 6.45) is 4.59. The molecule has 0 aliphatic carbocycles. The molecule has 6 heteroatoms. The highest BCUT2D eigenvalue weighted by molar-refractivity contribution is 6.03. The Morgan fingerprint density at radius 2 is 1.96 bits per heavy atom. The van der Waals surface area contributed by atoms with Crippen LogP contribution in [-0.2, 0) is 6.54 Å². The number of carbonyl (C=O) groups excluding carboxylic acids is 1. The molecule has 0 aliphatic heterocycles. The maximum absolute atomic E-state index is 13.8. The van der Waals surface area contributed by atoms with E-state index in [0.717, 1.165) is 0 Å². The number of carbonyl (C=O) groups is 1. The number of halogens is 1. The van der Waals surface area contributed by atoms with E-state index >= 15 is 0 Å². The molecule has 120 valence electrons. The molecular weight excluding hydrogens is 309 g/mol. The van der Waals surface area contributed by atoms with Crippen LogP contribution in [0, 0.1) is 5.82 Å². The molecule has 0 bridgehead atoms. The molecule has 2 aromatic heterocycles. The van der Waals surface area contributed by atoms with Gasteiger partial charge in [-0.3, -0.25) is 14.6 Å². The summed E-state index contributed by atoms with van der Waals surface area (Å²) < 4.78 is 15.1. The standard InChI is InChI=1S/C18H14FN3O2/c19-16-8-2-1-5-13(16)12-22-10-4-7-15(18(22)24)17(23)21-14-6-3-9-20-11-14/h1-11H,12H2,(H,21,23). The monoisotopic (exact) mass is 323 g/mol. The maximum Gasteiger partial charge on any atom is 0.263 e. The van der Waals surface area contributed by atoms with Gasteiger partial charge >= 0.3 is 0 Å². The smallest absolute Gasteiger partial charge is 0.263 e. The van der Waals surface area contributed by atoms with E-state index < -0.39 is 17.3 Å². The van der Waals surface area contributed by atoms with Crippen LogP contribution in [-0.4, -0.2) is 15.5 Å². The summed E-state index contributed by atoms with van der Waals surface area (Å²) >= 11 is 0. The maximum atomic E-state index is 13.8. The Morgan fingerprint density at radius 3 is 2.71 bits per heavy atom. The van der Waals surface area contributed by atoms with Gasteiger partial charge in [0, 0.05) is 18.0 Å². The first-order valence-corrected chi connectivity index (χ1v) is 7.29. The van der Waals surface area contributed by atoms with E-state index in [9.17, 15) is 14.0 Å². The number of aromatic nitrogens is 2. The minimum Gasteiger partial charge on any atom is -0.320 e. The van der Waals surface area contributed by atoms with Crippen molar-refractivity contribution in [2.24, 2.45) is 0 Å². The SMILES string of the molecule is O=C(Nc1cccnc1)c1cccn(Cc2ccccc2F)c1=O. The third-order valence-corrected chi connectivity index (χ3v) is 3.48. The highest BCUT2D eigenvalue weighted by Gasteiger charge is 2.13. The van der Waals surface area contributed by atoms with E-state index in [1.54, 1.807) is 42.6 Å². The van der Waals surface area contributed by atoms with Gasteiger partial charge in [0.25, 0.3) is 11.5 Å². The zero-order valence-corrected chi connectivity index (χ0v) is 12.6. The van der Waals surface area contributed by atoms with E-state index in [-0.39, 0.29) is 12.1 Å². The number of anilines is 1. The van der Waals surface area contributed by atoms with Crippen LogP contribution in [0.15, 0.2) is 71.9 Å². The molecule has 0 saturated carbocycles. The van der Waals surface area contributed by atoms with E-state index in [2.05, 4.69) is 10.3 Å². The van der Waals surface area contributed by atoms with Gasteiger partial charge in [-0.1, -0.05) is 18.2 Å². The van der Waals surface area contributed by atoms with Gasteiger partial charge in [-0.05, 0) is 30.3 Å². The fraction of sp³-hybridized carbons (Fsp3) is 0.0556. The second-order valence-corrected chi connectivity index (χ2v) is 5.14. The Balaban J connectivity index is 1.87. The molecule has 1 amide bonds. The Hall–Kier alpha value is -3.28. The molecule has 5 nitrogen and oxygen atoms in total. The Labute approximate surface area is 137 Å². The van der Waals surface area contributed by atoms with Gasteiger partial charge in [0.2, 0.25) is 0 Å². The molecule has 0 fully saturated rings. The summed E-state index contributed by atoms with van der Waals surface area (Å²) in [5.74, 6) is -0.925. The number of pyridine rings is 2. The van der Waals surface area contributed by atoms with Crippen LogP contribution in [0.5, 0.6) is 0 Å². The minimum absolute atomic E-state index is 0.0160. The van der Waals surface area contributed by atoms with Crippen LogP contribution in [0.25, 0.3) is 0 Å². The van der Waals surface area contributed by atoms with Crippen LogP contribution in [0.4, 0.5) is 10.1 Å². The van der Waals surface area contributed by atoms with E-state index in [1.165, 1.54) is 29.1 Å². The first-order valence-electron chi connectivity index (χ1n) is 7.29. The second-order valence-electron chi connectivity index (χ2n) is 5.14. The van der Waals surface area contributed by atoms with Gasteiger partial charge in [0.1, 0.15) is 11.4 Å². The molecule has 3 rings (SSSR count). The fourth-order valence-corrected chi connectivity index (χ4v) is 2.28. The molecule has 1 aromatic carbocycles. The molecule has 0 unspecified atom stereocenters. The minimum atomic E-state index is -0.532. The average molecular weight is 323 g/mol. The van der Waals surface area contributed by atoms with E-state index in [1.807, 2.05) is 0 Å². The van der Waals surface area contributed by atoms with Crippen LogP contribution >= 0.6 is 0 Å². The average Bonchev–Trinajstić information content (AvgIpc) is 2.59. The number of benzene rings is 1. The first kappa shape index (κ1) is 15.6. The predicted molar refractivity (Wildman–Crippen MR) is 88.4 cm³/mol. The normalized spacial score (nSPS) is 10.4. The van der Waals surface area contributed by atoms with Crippen LogP contribution in [0.2, 0.25) is 0 Å². The Bertz CT molecular complexity index is 923. The van der Waals surface area contributed by atoms with Crippen LogP contribution in [0.3, 0.4) is 0 Å². The van der Waals surface area contributed by atoms with E-state index in [4.69, 9.17) is 0 Å². The highest BCUT2D eigenvalue weighted by Crippen LogP contribution is 2.08. The van der Waals surface area contributed by atoms with Crippen molar-refractivity contribution in [2.75, 3.05) is 5.32 Å². The third-order valence-electron chi connectivity index (χ3n) is 3.48. The predicted octanol–water partition coefficient (Wildman–Crippen LogP) is 2.68. The first-order chi connectivity index (χ1) is 11.6. The lowest BCUT2D eigenvalue weighted by molar-refractivity contribution is 0.102. The summed E-state index contributed by atoms with van der Waals surface area (Å²) in [6.45, 7) is 0.0551. The van der Waals surface area contributed by atoms with Crippen molar-refractivity contribution in [3.05, 3.63) is 94.4 Å². The highest BCUT2D eigenvalue weighted by atomic mass is 19.1. The molecule has 0 aliphatic rings. The number of nitrogens with one attached hydrogen (secondary N) is 1. The second kappa shape index (κ2) is 6.87. The molecule has 3 aromatic rings. The molecule has 2 heterocycles. The van der Waals surface area contributed by atoms with Crippen molar-refractivity contribution >= 4 is 11.6 Å². The van der Waals surface area contributed by atoms with Crippen molar-refractivity contribution in [1.29, 1.82) is 0 Å². The van der Waals surface area contributed by atoms with Gasteiger partial charge in [-0.15, -0.1) is 0 Å². The molecule has 0 radical (unpaired) electrons. The Kier molecular flexibility index (Phi) is 4.47. The number of nitrogens with zero attached hydrogens (tertiary/aromatic N) is 2. The zero-order valence-electron chi connectivity index (χ0n) is 12.6. The lowest BCUT2D eigenvalue weighted by Crippen LogP contribution is -2.29. The third kappa shape index (κ3) is 3.38. The van der Waals surface area contributed by atoms with Crippen molar-refractivity contribution in [3.8, 4) is 0 Å². The fourth-order valence-electron chi connectivity index (χ4n) is 2.28. The van der Waals surface area contributed by atoms with Crippen LogP contribution in [0.1, 0.15) is 15.9 Å². The summed E-state index contributed by atoms with van der Waals surface area (Å²) in [4.78, 5) is 28.7. The van der Waals surface area contributed by atoms with Crippen molar-refractivity contribution in [2.45, 2.75) is 6.54 Å². The lowest BCUT2D eigenvalue weighted by Gasteiger charge is -2.09. The van der Waals surface area contributed by atoms with Crippen molar-refractivity contribution in [3.63, 3.8) is 0 Å². The lowest BCUT2D eigenvalue weighted by atomic mass is 10.2. The molecule has 1 N–H and O–H groups in total. The van der Waals surface area contributed by atoms with Crippen molar-refractivity contribution < 1.29 is 9.18 Å². The molecule has 0 saturated heterocycles. The molecular formula is C18H14FN3O2. The summed E-state index contributed by atoms with van der Waals surface area (Å²) in [5.41, 5.74) is 0.371. The largest absolute Gasteiger partial charge is 0.320 e. The van der Waals surface area contributed by atoms with Gasteiger partial charge in [0.15, 0.2) is 0 Å². The quantitative estimate of drug-likeness (QED) is 0.803. The molecule has 0 atom stereocenters. The number of amides is 1. The topological polar surface area (TPSA) is 64.0 Å². The van der Waals surface area contributed by atoms with Gasteiger partial charge < -0.3 is 9.88 Å². The van der Waals surface area contributed by atoms with Crippen LogP contribution < -0.4 is 10.9 Å². The zero-order chi connectivity index (χ0) is 16.9. The molecule has 0 spiro atoms. The number of rotatable bonds is 4. The van der Waals surface area contributed by atoms with Crippen molar-refractivity contribution in [1.82, 2.24) is 9.55 Å². The summed E-state index contributed by atoms with van der Waals surface area (Å²) in [6, 6.07) is 12.6. The van der Waals surface area contributed by atoms with E-state index in [0.29, 0.717) is 11.3 Å². The Morgan fingerprint density at radius 1 is 1.12 bits per heavy atom. The summed E-state index contributed by atoms with van der Waals surface area (Å²) in [5, 5.41) is 2.61. The van der Waals surface area contributed by atoms with Gasteiger partial charge in [0.05, 0.1) is 18.4 Å². The summed E-state index contributed by atoms with van der Waals surface area (Å²) in [7, 11) is 0. The van der Waals surface area contributed by atoms with Gasteiger partial charge in [-0.2, -0.15) is 0 Å².